The van der Waals surface area contributed by atoms with E-state index in [9.17, 15) is 9.90 Å². The van der Waals surface area contributed by atoms with Crippen molar-refractivity contribution in [2.75, 3.05) is 18.6 Å². The summed E-state index contributed by atoms with van der Waals surface area (Å²) in [5.41, 5.74) is 0.425. The number of nitriles is 1. The van der Waals surface area contributed by atoms with Crippen LogP contribution in [0.5, 0.6) is 0 Å². The first kappa shape index (κ1) is 16.3. The second kappa shape index (κ2) is 7.73. The summed E-state index contributed by atoms with van der Waals surface area (Å²) in [5, 5.41) is 21.4. The molecule has 1 rings (SSSR count). The van der Waals surface area contributed by atoms with Crippen LogP contribution >= 0.6 is 11.8 Å². The first-order chi connectivity index (χ1) is 9.46. The van der Waals surface area contributed by atoms with Gasteiger partial charge in [-0.3, -0.25) is 4.79 Å². The second-order valence-corrected chi connectivity index (χ2v) is 5.58. The summed E-state index contributed by atoms with van der Waals surface area (Å²) < 4.78 is 0. The smallest absolute Gasteiger partial charge is 0.244 e. The van der Waals surface area contributed by atoms with Crippen LogP contribution < -0.4 is 5.32 Å². The van der Waals surface area contributed by atoms with Crippen molar-refractivity contribution in [3.63, 3.8) is 0 Å². The zero-order valence-corrected chi connectivity index (χ0v) is 12.4. The predicted molar refractivity (Wildman–Crippen MR) is 82.2 cm³/mol. The summed E-state index contributed by atoms with van der Waals surface area (Å²) in [6.07, 6.45) is 4.93. The molecular weight excluding hydrogens is 272 g/mol. The molecule has 1 unspecified atom stereocenters. The molecule has 2 N–H and O–H groups in total. The largest absolute Gasteiger partial charge is 0.387 e. The highest BCUT2D eigenvalue weighted by molar-refractivity contribution is 7.98. The van der Waals surface area contributed by atoms with Gasteiger partial charge in [-0.2, -0.15) is 17.0 Å². The number of rotatable bonds is 6. The minimum absolute atomic E-state index is 0.204. The van der Waals surface area contributed by atoms with Gasteiger partial charge in [-0.1, -0.05) is 12.1 Å². The SMILES string of the molecule is CSCC(C)(O)CNC(=O)C=Cc1cccc(C#N)c1. The lowest BCUT2D eigenvalue weighted by Gasteiger charge is -2.21. The summed E-state index contributed by atoms with van der Waals surface area (Å²) in [5.74, 6) is 0.287. The molecule has 5 heteroatoms. The summed E-state index contributed by atoms with van der Waals surface area (Å²) in [7, 11) is 0. The van der Waals surface area contributed by atoms with Crippen molar-refractivity contribution in [2.24, 2.45) is 0 Å². The van der Waals surface area contributed by atoms with Crippen LogP contribution in [0.15, 0.2) is 30.3 Å². The van der Waals surface area contributed by atoms with E-state index >= 15 is 0 Å². The maximum Gasteiger partial charge on any atom is 0.244 e. The lowest BCUT2D eigenvalue weighted by atomic mass is 10.1. The highest BCUT2D eigenvalue weighted by Crippen LogP contribution is 2.09. The molecule has 0 spiro atoms. The molecule has 0 saturated carbocycles. The van der Waals surface area contributed by atoms with Gasteiger partial charge in [0.1, 0.15) is 0 Å². The van der Waals surface area contributed by atoms with E-state index in [-0.39, 0.29) is 12.5 Å². The normalized spacial score (nSPS) is 13.7. The molecule has 1 amide bonds. The minimum Gasteiger partial charge on any atom is -0.387 e. The van der Waals surface area contributed by atoms with Crippen molar-refractivity contribution >= 4 is 23.7 Å². The Bertz CT molecular complexity index is 533. The standard InChI is InChI=1S/C15H18N2O2S/c1-15(19,11-20-2)10-17-14(18)7-6-12-4-3-5-13(8-12)9-16/h3-8,19H,10-11H2,1-2H3,(H,17,18). The molecular formula is C15H18N2O2S. The van der Waals surface area contributed by atoms with Crippen LogP contribution in [0.2, 0.25) is 0 Å². The molecule has 106 valence electrons. The fraction of sp³-hybridized carbons (Fsp3) is 0.333. The van der Waals surface area contributed by atoms with E-state index in [0.717, 1.165) is 5.56 Å². The zero-order valence-electron chi connectivity index (χ0n) is 11.6. The number of nitrogens with zero attached hydrogens (tertiary/aromatic N) is 1. The molecule has 0 aliphatic rings. The molecule has 1 aromatic carbocycles. The Morgan fingerprint density at radius 3 is 3.00 bits per heavy atom. The summed E-state index contributed by atoms with van der Waals surface area (Å²) in [6, 6.07) is 9.03. The lowest BCUT2D eigenvalue weighted by Crippen LogP contribution is -2.41. The van der Waals surface area contributed by atoms with E-state index in [1.54, 1.807) is 31.2 Å². The van der Waals surface area contributed by atoms with Crippen LogP contribution in [0.3, 0.4) is 0 Å². The molecule has 0 fully saturated rings. The Morgan fingerprint density at radius 1 is 1.60 bits per heavy atom. The van der Waals surface area contributed by atoms with Gasteiger partial charge in [0, 0.05) is 18.4 Å². The quantitative estimate of drug-likeness (QED) is 0.784. The number of benzene rings is 1. The average Bonchev–Trinajstić information content (AvgIpc) is 2.43. The van der Waals surface area contributed by atoms with Gasteiger partial charge in [-0.15, -0.1) is 0 Å². The Labute approximate surface area is 123 Å². The second-order valence-electron chi connectivity index (χ2n) is 4.72. The summed E-state index contributed by atoms with van der Waals surface area (Å²) in [4.78, 5) is 11.6. The third-order valence-corrected chi connectivity index (χ3v) is 3.45. The van der Waals surface area contributed by atoms with Crippen LogP contribution in [-0.4, -0.2) is 35.2 Å². The molecule has 20 heavy (non-hydrogen) atoms. The van der Waals surface area contributed by atoms with Gasteiger partial charge in [0.25, 0.3) is 0 Å². The van der Waals surface area contributed by atoms with Crippen molar-refractivity contribution in [3.05, 3.63) is 41.5 Å². The highest BCUT2D eigenvalue weighted by atomic mass is 32.2. The Morgan fingerprint density at radius 2 is 2.35 bits per heavy atom. The van der Waals surface area contributed by atoms with Gasteiger partial charge in [0.15, 0.2) is 0 Å². The van der Waals surface area contributed by atoms with Crippen LogP contribution in [-0.2, 0) is 4.79 Å². The van der Waals surface area contributed by atoms with E-state index in [0.29, 0.717) is 11.3 Å². The fourth-order valence-electron chi connectivity index (χ4n) is 1.58. The number of aliphatic hydroxyl groups is 1. The summed E-state index contributed by atoms with van der Waals surface area (Å²) in [6.45, 7) is 1.89. The predicted octanol–water partition coefficient (Wildman–Crippen LogP) is 1.80. The third-order valence-electron chi connectivity index (χ3n) is 2.54. The van der Waals surface area contributed by atoms with Crippen LogP contribution in [0, 0.1) is 11.3 Å². The first-order valence-corrected chi connectivity index (χ1v) is 7.53. The number of carbonyl (C=O) groups excluding carboxylic acids is 1. The minimum atomic E-state index is -0.913. The molecule has 0 heterocycles. The van der Waals surface area contributed by atoms with E-state index in [1.807, 2.05) is 18.4 Å². The van der Waals surface area contributed by atoms with E-state index in [1.165, 1.54) is 17.8 Å². The van der Waals surface area contributed by atoms with Gasteiger partial charge in [0.05, 0.1) is 17.2 Å². The van der Waals surface area contributed by atoms with Crippen molar-refractivity contribution in [1.82, 2.24) is 5.32 Å². The Balaban J connectivity index is 2.54. The molecule has 0 aromatic heterocycles. The average molecular weight is 290 g/mol. The number of amides is 1. The van der Waals surface area contributed by atoms with Crippen LogP contribution in [0.25, 0.3) is 6.08 Å². The zero-order chi connectivity index (χ0) is 15.0. The topological polar surface area (TPSA) is 73.1 Å². The number of hydrogen-bond acceptors (Lipinski definition) is 4. The third kappa shape index (κ3) is 5.91. The highest BCUT2D eigenvalue weighted by Gasteiger charge is 2.19. The molecule has 0 saturated heterocycles. The Kier molecular flexibility index (Phi) is 6.29. The van der Waals surface area contributed by atoms with E-state index in [4.69, 9.17) is 5.26 Å². The van der Waals surface area contributed by atoms with E-state index in [2.05, 4.69) is 5.32 Å². The number of nitrogens with one attached hydrogen (secondary N) is 1. The van der Waals surface area contributed by atoms with Crippen LogP contribution in [0.4, 0.5) is 0 Å². The van der Waals surface area contributed by atoms with Crippen LogP contribution in [0.1, 0.15) is 18.1 Å². The maximum absolute atomic E-state index is 11.6. The molecule has 1 aromatic rings. The first-order valence-electron chi connectivity index (χ1n) is 6.14. The van der Waals surface area contributed by atoms with Gasteiger partial charge < -0.3 is 10.4 Å². The van der Waals surface area contributed by atoms with Crippen molar-refractivity contribution < 1.29 is 9.90 Å². The number of thioether (sulfide) groups is 1. The van der Waals surface area contributed by atoms with Crippen molar-refractivity contribution in [2.45, 2.75) is 12.5 Å². The van der Waals surface area contributed by atoms with Crippen molar-refractivity contribution in [3.8, 4) is 6.07 Å². The molecule has 1 atom stereocenters. The molecule has 0 radical (unpaired) electrons. The summed E-state index contributed by atoms with van der Waals surface area (Å²) >= 11 is 1.52. The van der Waals surface area contributed by atoms with Gasteiger partial charge in [-0.25, -0.2) is 0 Å². The molecule has 0 aliphatic carbocycles. The monoisotopic (exact) mass is 290 g/mol. The van der Waals surface area contributed by atoms with Gasteiger partial charge in [0.2, 0.25) is 5.91 Å². The molecule has 0 bridgehead atoms. The maximum atomic E-state index is 11.6. The number of hydrogen-bond donors (Lipinski definition) is 2. The lowest BCUT2D eigenvalue weighted by molar-refractivity contribution is -0.117. The molecule has 0 aliphatic heterocycles. The van der Waals surface area contributed by atoms with Crippen molar-refractivity contribution in [1.29, 1.82) is 5.26 Å². The van der Waals surface area contributed by atoms with E-state index < -0.39 is 5.60 Å². The Hall–Kier alpha value is -1.77. The van der Waals surface area contributed by atoms with Gasteiger partial charge in [-0.05, 0) is 37.0 Å². The molecule has 4 nitrogen and oxygen atoms in total. The fourth-order valence-corrected chi connectivity index (χ4v) is 2.31. The van der Waals surface area contributed by atoms with Gasteiger partial charge >= 0.3 is 0 Å². The number of carbonyl (C=O) groups is 1.